The maximum atomic E-state index is 10.2. The molecule has 1 aromatic rings. The Labute approximate surface area is 109 Å². The lowest BCUT2D eigenvalue weighted by Crippen LogP contribution is -3.00. The van der Waals surface area contributed by atoms with Gasteiger partial charge in [-0.05, 0) is 25.3 Å². The Balaban J connectivity index is 0.00000196. The van der Waals surface area contributed by atoms with Gasteiger partial charge in [0.25, 0.3) is 0 Å². The summed E-state index contributed by atoms with van der Waals surface area (Å²) in [6.45, 7) is 5.50. The molecule has 1 atom stereocenters. The van der Waals surface area contributed by atoms with Crippen LogP contribution in [0.25, 0.3) is 0 Å². The molecule has 0 aliphatic heterocycles. The fraction of sp³-hybridized carbons (Fsp3) is 0.417. The average molecular weight is 319 g/mol. The highest BCUT2D eigenvalue weighted by Gasteiger charge is 2.22. The molecule has 0 fully saturated rings. The summed E-state index contributed by atoms with van der Waals surface area (Å²) in [5, 5.41) is 10.2. The lowest BCUT2D eigenvalue weighted by atomic mass is 9.92. The lowest BCUT2D eigenvalue weighted by molar-refractivity contribution is -0.671. The van der Waals surface area contributed by atoms with E-state index in [1.807, 2.05) is 49.1 Å². The Morgan fingerprint density at radius 3 is 2.47 bits per heavy atom. The number of hydrogen-bond acceptors (Lipinski definition) is 1. The van der Waals surface area contributed by atoms with E-state index in [2.05, 4.69) is 6.58 Å². The molecule has 0 aliphatic rings. The van der Waals surface area contributed by atoms with Crippen molar-refractivity contribution >= 4 is 0 Å². The summed E-state index contributed by atoms with van der Waals surface area (Å²) in [6, 6.07) is 3.90. The van der Waals surface area contributed by atoms with Crippen LogP contribution in [0.3, 0.4) is 0 Å². The minimum atomic E-state index is -0.748. The highest BCUT2D eigenvalue weighted by Crippen LogP contribution is 2.24. The van der Waals surface area contributed by atoms with Crippen LogP contribution in [-0.4, -0.2) is 5.11 Å². The maximum Gasteiger partial charge on any atom is 0.168 e. The molecule has 84 valence electrons. The third-order valence-corrected chi connectivity index (χ3v) is 2.44. The van der Waals surface area contributed by atoms with Gasteiger partial charge in [0.05, 0.1) is 5.60 Å². The first-order valence-corrected chi connectivity index (χ1v) is 4.85. The van der Waals surface area contributed by atoms with Crippen molar-refractivity contribution in [2.45, 2.75) is 25.4 Å². The standard InChI is InChI=1S/C12H18NO.HI/c1-4-5-8-12(2,14)11-6-9-13(3)10-7-11;/h4,6-7,9-10,14H,1,5,8H2,2-3H3;1H/q+1;/p-1. The quantitative estimate of drug-likeness (QED) is 0.416. The third-order valence-electron chi connectivity index (χ3n) is 2.44. The molecular weight excluding hydrogens is 301 g/mol. The molecule has 0 spiro atoms. The third kappa shape index (κ3) is 4.30. The second-order valence-corrected chi connectivity index (χ2v) is 3.85. The van der Waals surface area contributed by atoms with Gasteiger partial charge in [0, 0.05) is 12.1 Å². The Morgan fingerprint density at radius 1 is 1.47 bits per heavy atom. The molecule has 1 N–H and O–H groups in total. The van der Waals surface area contributed by atoms with E-state index in [4.69, 9.17) is 0 Å². The molecule has 15 heavy (non-hydrogen) atoms. The number of rotatable bonds is 4. The normalized spacial score (nSPS) is 13.8. The fourth-order valence-electron chi connectivity index (χ4n) is 1.39. The number of halogens is 1. The fourth-order valence-corrected chi connectivity index (χ4v) is 1.39. The number of nitrogens with zero attached hydrogens (tertiary/aromatic N) is 1. The van der Waals surface area contributed by atoms with E-state index >= 15 is 0 Å². The predicted octanol–water partition coefficient (Wildman–Crippen LogP) is -1.31. The molecule has 0 radical (unpaired) electrons. The first kappa shape index (κ1) is 14.6. The minimum Gasteiger partial charge on any atom is -1.00 e. The zero-order valence-corrected chi connectivity index (χ0v) is 11.4. The SMILES string of the molecule is C=CCCC(C)(O)c1cc[n+](C)cc1.[I-]. The zero-order chi connectivity index (χ0) is 10.6. The Bertz CT molecular complexity index is 306. The molecule has 0 bridgehead atoms. The van der Waals surface area contributed by atoms with Gasteiger partial charge in [-0.15, -0.1) is 6.58 Å². The summed E-state index contributed by atoms with van der Waals surface area (Å²) in [6.07, 6.45) is 7.26. The van der Waals surface area contributed by atoms with Gasteiger partial charge >= 0.3 is 0 Å². The van der Waals surface area contributed by atoms with Gasteiger partial charge in [-0.1, -0.05) is 6.08 Å². The maximum absolute atomic E-state index is 10.2. The molecule has 0 aromatic carbocycles. The van der Waals surface area contributed by atoms with Crippen LogP contribution in [0.5, 0.6) is 0 Å². The average Bonchev–Trinajstić information content (AvgIpc) is 2.16. The van der Waals surface area contributed by atoms with Crippen molar-refractivity contribution in [3.8, 4) is 0 Å². The van der Waals surface area contributed by atoms with Gasteiger partial charge in [0.1, 0.15) is 7.05 Å². The first-order chi connectivity index (χ1) is 6.56. The smallest absolute Gasteiger partial charge is 0.168 e. The summed E-state index contributed by atoms with van der Waals surface area (Å²) in [4.78, 5) is 0. The van der Waals surface area contributed by atoms with Crippen LogP contribution in [0.4, 0.5) is 0 Å². The number of hydrogen-bond donors (Lipinski definition) is 1. The predicted molar refractivity (Wildman–Crippen MR) is 56.6 cm³/mol. The summed E-state index contributed by atoms with van der Waals surface area (Å²) >= 11 is 0. The highest BCUT2D eigenvalue weighted by atomic mass is 127. The molecule has 0 aliphatic carbocycles. The van der Waals surface area contributed by atoms with Crippen molar-refractivity contribution in [3.63, 3.8) is 0 Å². The highest BCUT2D eigenvalue weighted by molar-refractivity contribution is 5.16. The minimum absolute atomic E-state index is 0. The first-order valence-electron chi connectivity index (χ1n) is 4.85. The topological polar surface area (TPSA) is 24.1 Å². The van der Waals surface area contributed by atoms with Crippen molar-refractivity contribution in [2.24, 2.45) is 7.05 Å². The zero-order valence-electron chi connectivity index (χ0n) is 9.28. The van der Waals surface area contributed by atoms with Crippen LogP contribution in [0.2, 0.25) is 0 Å². The van der Waals surface area contributed by atoms with Crippen LogP contribution >= 0.6 is 0 Å². The molecule has 1 aromatic heterocycles. The second kappa shape index (κ2) is 6.23. The van der Waals surface area contributed by atoms with Gasteiger partial charge in [-0.3, -0.25) is 0 Å². The number of aryl methyl sites for hydroxylation is 1. The lowest BCUT2D eigenvalue weighted by Gasteiger charge is -2.22. The number of aliphatic hydroxyl groups is 1. The summed E-state index contributed by atoms with van der Waals surface area (Å²) in [5.41, 5.74) is 0.208. The Kier molecular flexibility index (Phi) is 6.05. The van der Waals surface area contributed by atoms with Crippen molar-refractivity contribution in [2.75, 3.05) is 0 Å². The van der Waals surface area contributed by atoms with Gasteiger partial charge in [0.2, 0.25) is 0 Å². The van der Waals surface area contributed by atoms with Crippen LogP contribution < -0.4 is 28.5 Å². The van der Waals surface area contributed by atoms with E-state index in [1.165, 1.54) is 0 Å². The van der Waals surface area contributed by atoms with Crippen molar-refractivity contribution in [1.29, 1.82) is 0 Å². The molecule has 1 heterocycles. The molecule has 1 rings (SSSR count). The molecule has 0 saturated heterocycles. The van der Waals surface area contributed by atoms with E-state index < -0.39 is 5.60 Å². The molecule has 1 unspecified atom stereocenters. The Morgan fingerprint density at radius 2 is 2.00 bits per heavy atom. The van der Waals surface area contributed by atoms with Crippen molar-refractivity contribution < 1.29 is 33.7 Å². The Hall–Kier alpha value is -0.420. The number of pyridine rings is 1. The summed E-state index contributed by atoms with van der Waals surface area (Å²) in [5.74, 6) is 0. The molecule has 2 nitrogen and oxygen atoms in total. The molecule has 3 heteroatoms. The number of aromatic nitrogens is 1. The van der Waals surface area contributed by atoms with Crippen LogP contribution in [0.1, 0.15) is 25.3 Å². The van der Waals surface area contributed by atoms with Crippen LogP contribution in [0.15, 0.2) is 37.2 Å². The largest absolute Gasteiger partial charge is 1.00 e. The van der Waals surface area contributed by atoms with E-state index in [0.29, 0.717) is 6.42 Å². The van der Waals surface area contributed by atoms with E-state index in [0.717, 1.165) is 12.0 Å². The monoisotopic (exact) mass is 319 g/mol. The second-order valence-electron chi connectivity index (χ2n) is 3.85. The van der Waals surface area contributed by atoms with Crippen LogP contribution in [0, 0.1) is 0 Å². The number of allylic oxidation sites excluding steroid dienone is 1. The van der Waals surface area contributed by atoms with Gasteiger partial charge in [-0.2, -0.15) is 0 Å². The van der Waals surface area contributed by atoms with Gasteiger partial charge in [0.15, 0.2) is 12.4 Å². The van der Waals surface area contributed by atoms with Crippen LogP contribution in [-0.2, 0) is 12.6 Å². The molecule has 0 amide bonds. The van der Waals surface area contributed by atoms with Gasteiger partial charge < -0.3 is 29.1 Å². The molecular formula is C12H18INO. The molecule has 0 saturated carbocycles. The summed E-state index contributed by atoms with van der Waals surface area (Å²) in [7, 11) is 1.96. The van der Waals surface area contributed by atoms with E-state index in [1.54, 1.807) is 0 Å². The summed E-state index contributed by atoms with van der Waals surface area (Å²) < 4.78 is 1.95. The van der Waals surface area contributed by atoms with E-state index in [9.17, 15) is 5.11 Å². The van der Waals surface area contributed by atoms with Crippen molar-refractivity contribution in [1.82, 2.24) is 0 Å². The van der Waals surface area contributed by atoms with Gasteiger partial charge in [-0.25, -0.2) is 4.57 Å². The van der Waals surface area contributed by atoms with Crippen molar-refractivity contribution in [3.05, 3.63) is 42.7 Å². The van der Waals surface area contributed by atoms with E-state index in [-0.39, 0.29) is 24.0 Å².